The normalized spacial score (nSPS) is 27.1. The molecule has 3 aliphatic rings. The van der Waals surface area contributed by atoms with E-state index < -0.39 is 0 Å². The molecule has 32 heavy (non-hydrogen) atoms. The van der Waals surface area contributed by atoms with Crippen LogP contribution in [-0.4, -0.2) is 47.0 Å². The van der Waals surface area contributed by atoms with Crippen LogP contribution >= 0.6 is 0 Å². The van der Waals surface area contributed by atoms with Crippen LogP contribution in [0, 0.1) is 22.2 Å². The Bertz CT molecular complexity index is 1030. The van der Waals surface area contributed by atoms with Gasteiger partial charge in [-0.05, 0) is 49.5 Å². The van der Waals surface area contributed by atoms with E-state index in [-0.39, 0.29) is 29.6 Å². The van der Waals surface area contributed by atoms with Crippen LogP contribution < -0.4 is 10.6 Å². The van der Waals surface area contributed by atoms with Gasteiger partial charge in [-0.15, -0.1) is 0 Å². The Labute approximate surface area is 188 Å². The second-order valence-electron chi connectivity index (χ2n) is 8.60. The van der Waals surface area contributed by atoms with Crippen molar-refractivity contribution in [3.63, 3.8) is 0 Å². The second kappa shape index (κ2) is 9.69. The molecular weight excluding hydrogens is 406 g/mol. The lowest BCUT2D eigenvalue weighted by molar-refractivity contribution is -0.768. The minimum atomic E-state index is -0.360. The maximum Gasteiger partial charge on any atom is 0.258 e. The molecule has 0 spiro atoms. The summed E-state index contributed by atoms with van der Waals surface area (Å²) in [5.74, 6) is 0.0257. The van der Waals surface area contributed by atoms with Crippen molar-refractivity contribution >= 4 is 17.3 Å². The molecule has 1 amide bonds. The van der Waals surface area contributed by atoms with Crippen molar-refractivity contribution in [1.82, 2.24) is 10.6 Å². The lowest BCUT2D eigenvalue weighted by Crippen LogP contribution is -2.34. The van der Waals surface area contributed by atoms with E-state index in [0.29, 0.717) is 28.3 Å². The molecule has 8 nitrogen and oxygen atoms in total. The van der Waals surface area contributed by atoms with Crippen LogP contribution in [0.25, 0.3) is 0 Å². The third kappa shape index (κ3) is 5.35. The third-order valence-electron chi connectivity index (χ3n) is 6.11. The van der Waals surface area contributed by atoms with Crippen LogP contribution in [0.5, 0.6) is 0 Å². The van der Waals surface area contributed by atoms with Gasteiger partial charge in [0.15, 0.2) is 0 Å². The minimum Gasteiger partial charge on any atom is -0.494 e. The van der Waals surface area contributed by atoms with E-state index in [1.54, 1.807) is 43.5 Å². The number of methoxy groups -OCH3 is 1. The van der Waals surface area contributed by atoms with Crippen LogP contribution in [0.15, 0.2) is 59.2 Å². The standard InChI is InChI=1S/C24H29N5O3/c1-16-5-4-6-17(14-29(16)31)23(30)28-21-11-18(20(26)12-22(21)32-3)13-27-19-7-9-24(2,15-25)10-8-19/h4-6,11-13,19,26,30-31H,7-10,14H2,1-3H3/p+1/t19-,24-. The molecule has 1 fully saturated rings. The number of rotatable bonds is 5. The van der Waals surface area contributed by atoms with Gasteiger partial charge in [0.25, 0.3) is 5.91 Å². The first-order valence-electron chi connectivity index (χ1n) is 10.7. The molecule has 1 saturated carbocycles. The summed E-state index contributed by atoms with van der Waals surface area (Å²) in [6.07, 6.45) is 13.6. The Kier molecular flexibility index (Phi) is 6.98. The highest BCUT2D eigenvalue weighted by Crippen LogP contribution is 2.35. The zero-order chi connectivity index (χ0) is 23.3. The summed E-state index contributed by atoms with van der Waals surface area (Å²) in [6, 6.07) is 2.65. The van der Waals surface area contributed by atoms with E-state index >= 15 is 0 Å². The van der Waals surface area contributed by atoms with Crippen molar-refractivity contribution in [2.45, 2.75) is 45.6 Å². The Hall–Kier alpha value is -3.60. The van der Waals surface area contributed by atoms with Gasteiger partial charge in [0, 0.05) is 36.9 Å². The molecule has 168 valence electrons. The average molecular weight is 437 g/mol. The number of nitriles is 1. The van der Waals surface area contributed by atoms with Crippen molar-refractivity contribution in [2.24, 2.45) is 5.41 Å². The molecular formula is C24H30N5O3+. The van der Waals surface area contributed by atoms with Gasteiger partial charge in [0.05, 0.1) is 35.6 Å². The summed E-state index contributed by atoms with van der Waals surface area (Å²) in [4.78, 5) is 12.8. The summed E-state index contributed by atoms with van der Waals surface area (Å²) >= 11 is 0. The maximum absolute atomic E-state index is 12.8. The van der Waals surface area contributed by atoms with Crippen molar-refractivity contribution in [3.8, 4) is 6.07 Å². The van der Waals surface area contributed by atoms with E-state index in [1.165, 1.54) is 7.11 Å². The Morgan fingerprint density at radius 3 is 2.78 bits per heavy atom. The van der Waals surface area contributed by atoms with Gasteiger partial charge in [0.2, 0.25) is 12.3 Å². The number of amides is 1. The van der Waals surface area contributed by atoms with Gasteiger partial charge >= 0.3 is 0 Å². The van der Waals surface area contributed by atoms with E-state index in [9.17, 15) is 15.3 Å². The SMILES string of the molecule is COC1=CC(=N)/C(=C\N[C@H]2CC[C@](C)(C#N)CC2)C=C1NC(=O)C1=CC=CC(C)=[N+](O)C1. The molecule has 8 heteroatoms. The van der Waals surface area contributed by atoms with Crippen molar-refractivity contribution in [2.75, 3.05) is 13.7 Å². The first-order valence-corrected chi connectivity index (χ1v) is 10.7. The van der Waals surface area contributed by atoms with Crippen molar-refractivity contribution in [3.05, 3.63) is 59.2 Å². The number of allylic oxidation sites excluding steroid dienone is 6. The highest BCUT2D eigenvalue weighted by molar-refractivity contribution is 6.10. The second-order valence-corrected chi connectivity index (χ2v) is 8.60. The fourth-order valence-electron chi connectivity index (χ4n) is 3.80. The molecule has 1 aliphatic heterocycles. The average Bonchev–Trinajstić information content (AvgIpc) is 2.95. The Morgan fingerprint density at radius 1 is 1.41 bits per heavy atom. The molecule has 0 aromatic rings. The van der Waals surface area contributed by atoms with Gasteiger partial charge in [0.1, 0.15) is 5.76 Å². The first-order chi connectivity index (χ1) is 15.2. The lowest BCUT2D eigenvalue weighted by Gasteiger charge is -2.32. The van der Waals surface area contributed by atoms with Gasteiger partial charge in [-0.1, -0.05) is 6.08 Å². The molecule has 0 atom stereocenters. The predicted octanol–water partition coefficient (Wildman–Crippen LogP) is 2.85. The molecule has 0 unspecified atom stereocenters. The Balaban J connectivity index is 1.72. The molecule has 1 heterocycles. The zero-order valence-corrected chi connectivity index (χ0v) is 18.7. The number of carbonyl (C=O) groups excluding carboxylic acids is 1. The summed E-state index contributed by atoms with van der Waals surface area (Å²) < 4.78 is 6.38. The summed E-state index contributed by atoms with van der Waals surface area (Å²) in [7, 11) is 1.49. The van der Waals surface area contributed by atoms with Crippen molar-refractivity contribution < 1.29 is 19.5 Å². The molecule has 0 aromatic heterocycles. The largest absolute Gasteiger partial charge is 0.494 e. The summed E-state index contributed by atoms with van der Waals surface area (Å²) in [6.45, 7) is 3.82. The van der Waals surface area contributed by atoms with Crippen LogP contribution in [0.3, 0.4) is 0 Å². The number of nitrogens with zero attached hydrogens (tertiary/aromatic N) is 2. The monoisotopic (exact) mass is 436 g/mol. The fourth-order valence-corrected chi connectivity index (χ4v) is 3.80. The number of ether oxygens (including phenoxy) is 1. The van der Waals surface area contributed by atoms with Gasteiger partial charge in [-0.2, -0.15) is 5.26 Å². The van der Waals surface area contributed by atoms with Crippen molar-refractivity contribution in [1.29, 1.82) is 10.7 Å². The van der Waals surface area contributed by atoms with E-state index in [4.69, 9.17) is 10.1 Å². The molecule has 2 aliphatic carbocycles. The maximum atomic E-state index is 12.8. The molecule has 0 saturated heterocycles. The fraction of sp³-hybridized carbons (Fsp3) is 0.417. The third-order valence-corrected chi connectivity index (χ3v) is 6.11. The smallest absolute Gasteiger partial charge is 0.258 e. The Morgan fingerprint density at radius 2 is 2.12 bits per heavy atom. The summed E-state index contributed by atoms with van der Waals surface area (Å²) in [5, 5.41) is 33.8. The number of hydroxylamine groups is 1. The molecule has 0 radical (unpaired) electrons. The number of nitrogens with one attached hydrogen (secondary N) is 3. The highest BCUT2D eigenvalue weighted by atomic mass is 16.5. The lowest BCUT2D eigenvalue weighted by atomic mass is 9.75. The molecule has 4 N–H and O–H groups in total. The van der Waals surface area contributed by atoms with E-state index in [0.717, 1.165) is 30.4 Å². The highest BCUT2D eigenvalue weighted by Gasteiger charge is 2.30. The summed E-state index contributed by atoms with van der Waals surface area (Å²) in [5.41, 5.74) is 2.12. The minimum absolute atomic E-state index is 0.0628. The number of hydrogen-bond acceptors (Lipinski definition) is 6. The number of hydrogen-bond donors (Lipinski definition) is 4. The predicted molar refractivity (Wildman–Crippen MR) is 121 cm³/mol. The molecule has 0 aromatic carbocycles. The van der Waals surface area contributed by atoms with Crippen LogP contribution in [0.1, 0.15) is 39.5 Å². The van der Waals surface area contributed by atoms with Crippen LogP contribution in [-0.2, 0) is 9.53 Å². The van der Waals surface area contributed by atoms with E-state index in [2.05, 4.69) is 16.7 Å². The number of carbonyl (C=O) groups is 1. The van der Waals surface area contributed by atoms with Crippen LogP contribution in [0.2, 0.25) is 0 Å². The topological polar surface area (TPSA) is 121 Å². The van der Waals surface area contributed by atoms with Gasteiger partial charge in [-0.25, -0.2) is 0 Å². The van der Waals surface area contributed by atoms with Crippen LogP contribution in [0.4, 0.5) is 0 Å². The molecule has 0 bridgehead atoms. The molecule has 3 rings (SSSR count). The quantitative estimate of drug-likeness (QED) is 0.390. The van der Waals surface area contributed by atoms with Gasteiger partial charge < -0.3 is 20.8 Å². The van der Waals surface area contributed by atoms with E-state index in [1.807, 2.05) is 6.92 Å². The zero-order valence-electron chi connectivity index (χ0n) is 18.7. The first kappa shape index (κ1) is 23.1. The van der Waals surface area contributed by atoms with Gasteiger partial charge in [-0.3, -0.25) is 10.0 Å².